The SMILES string of the molecule is Cc1cc(C)c(C(=O)Oc2ccc(Cl)cc2)c(C)c1. The van der Waals surface area contributed by atoms with Crippen LogP contribution in [0.5, 0.6) is 5.75 Å². The Balaban J connectivity index is 2.28. The molecule has 0 aromatic heterocycles. The van der Waals surface area contributed by atoms with Gasteiger partial charge in [-0.3, -0.25) is 0 Å². The molecule has 0 heterocycles. The minimum Gasteiger partial charge on any atom is -0.423 e. The molecule has 0 fully saturated rings. The number of ether oxygens (including phenoxy) is 1. The quantitative estimate of drug-likeness (QED) is 0.596. The number of rotatable bonds is 2. The van der Waals surface area contributed by atoms with Crippen molar-refractivity contribution in [1.82, 2.24) is 0 Å². The van der Waals surface area contributed by atoms with E-state index in [1.54, 1.807) is 24.3 Å². The van der Waals surface area contributed by atoms with E-state index in [4.69, 9.17) is 16.3 Å². The second-order valence-electron chi connectivity index (χ2n) is 4.62. The Labute approximate surface area is 118 Å². The van der Waals surface area contributed by atoms with E-state index in [1.807, 2.05) is 32.9 Å². The van der Waals surface area contributed by atoms with Crippen LogP contribution < -0.4 is 4.74 Å². The molecule has 0 N–H and O–H groups in total. The minimum atomic E-state index is -0.336. The van der Waals surface area contributed by atoms with Gasteiger partial charge in [-0.1, -0.05) is 29.3 Å². The fourth-order valence-corrected chi connectivity index (χ4v) is 2.29. The molecule has 0 saturated heterocycles. The summed E-state index contributed by atoms with van der Waals surface area (Å²) in [6, 6.07) is 10.7. The molecule has 98 valence electrons. The van der Waals surface area contributed by atoms with Gasteiger partial charge >= 0.3 is 5.97 Å². The fraction of sp³-hybridized carbons (Fsp3) is 0.188. The predicted octanol–water partition coefficient (Wildman–Crippen LogP) is 4.48. The third kappa shape index (κ3) is 3.15. The fourth-order valence-electron chi connectivity index (χ4n) is 2.16. The van der Waals surface area contributed by atoms with Gasteiger partial charge in [0.15, 0.2) is 0 Å². The summed E-state index contributed by atoms with van der Waals surface area (Å²) in [5.74, 6) is 0.158. The first kappa shape index (κ1) is 13.6. The van der Waals surface area contributed by atoms with Crippen LogP contribution in [0.3, 0.4) is 0 Å². The average Bonchev–Trinajstić information content (AvgIpc) is 2.30. The second kappa shape index (κ2) is 5.45. The van der Waals surface area contributed by atoms with E-state index in [2.05, 4.69) is 0 Å². The minimum absolute atomic E-state index is 0.336. The van der Waals surface area contributed by atoms with Crippen LogP contribution in [-0.4, -0.2) is 5.97 Å². The van der Waals surface area contributed by atoms with Crippen molar-refractivity contribution in [3.8, 4) is 5.75 Å². The topological polar surface area (TPSA) is 26.3 Å². The molecule has 0 unspecified atom stereocenters. The zero-order valence-electron chi connectivity index (χ0n) is 11.2. The van der Waals surface area contributed by atoms with Crippen LogP contribution in [0.4, 0.5) is 0 Å². The lowest BCUT2D eigenvalue weighted by molar-refractivity contribution is 0.0733. The number of hydrogen-bond donors (Lipinski definition) is 0. The van der Waals surface area contributed by atoms with E-state index in [-0.39, 0.29) is 5.97 Å². The molecular formula is C16H15ClO2. The van der Waals surface area contributed by atoms with Gasteiger partial charge in [0.1, 0.15) is 5.75 Å². The van der Waals surface area contributed by atoms with Crippen molar-refractivity contribution in [3.63, 3.8) is 0 Å². The lowest BCUT2D eigenvalue weighted by atomic mass is 10.00. The van der Waals surface area contributed by atoms with Gasteiger partial charge in [0.05, 0.1) is 5.56 Å². The van der Waals surface area contributed by atoms with Gasteiger partial charge in [0.25, 0.3) is 0 Å². The molecule has 0 aliphatic heterocycles. The number of hydrogen-bond acceptors (Lipinski definition) is 2. The number of esters is 1. The summed E-state index contributed by atoms with van der Waals surface area (Å²) in [5.41, 5.74) is 3.62. The van der Waals surface area contributed by atoms with Crippen LogP contribution in [0.2, 0.25) is 5.02 Å². The average molecular weight is 275 g/mol. The van der Waals surface area contributed by atoms with Crippen LogP contribution in [0.1, 0.15) is 27.0 Å². The van der Waals surface area contributed by atoms with Gasteiger partial charge in [-0.15, -0.1) is 0 Å². The molecule has 0 radical (unpaired) electrons. The summed E-state index contributed by atoms with van der Waals surface area (Å²) >= 11 is 5.79. The van der Waals surface area contributed by atoms with E-state index in [9.17, 15) is 4.79 Å². The van der Waals surface area contributed by atoms with Crippen LogP contribution in [0.15, 0.2) is 36.4 Å². The Morgan fingerprint density at radius 1 is 1.00 bits per heavy atom. The van der Waals surface area contributed by atoms with Crippen molar-refractivity contribution in [2.75, 3.05) is 0 Å². The van der Waals surface area contributed by atoms with Crippen LogP contribution in [0.25, 0.3) is 0 Å². The first-order chi connectivity index (χ1) is 8.97. The molecule has 2 nitrogen and oxygen atoms in total. The van der Waals surface area contributed by atoms with Crippen molar-refractivity contribution in [1.29, 1.82) is 0 Å². The maximum atomic E-state index is 12.2. The molecule has 2 aromatic rings. The Hall–Kier alpha value is -1.80. The monoisotopic (exact) mass is 274 g/mol. The van der Waals surface area contributed by atoms with E-state index < -0.39 is 0 Å². The number of aryl methyl sites for hydroxylation is 3. The molecule has 0 atom stereocenters. The highest BCUT2D eigenvalue weighted by Gasteiger charge is 2.15. The third-order valence-electron chi connectivity index (χ3n) is 2.91. The van der Waals surface area contributed by atoms with Gasteiger partial charge < -0.3 is 4.74 Å². The molecule has 2 rings (SSSR count). The highest BCUT2D eigenvalue weighted by atomic mass is 35.5. The second-order valence-corrected chi connectivity index (χ2v) is 5.05. The predicted molar refractivity (Wildman–Crippen MR) is 77.1 cm³/mol. The molecule has 2 aromatic carbocycles. The van der Waals surface area contributed by atoms with Crippen LogP contribution in [0, 0.1) is 20.8 Å². The molecule has 0 spiro atoms. The Morgan fingerprint density at radius 2 is 1.53 bits per heavy atom. The standard InChI is InChI=1S/C16H15ClO2/c1-10-8-11(2)15(12(3)9-10)16(18)19-14-6-4-13(17)5-7-14/h4-9H,1-3H3. The largest absolute Gasteiger partial charge is 0.423 e. The zero-order valence-corrected chi connectivity index (χ0v) is 11.9. The van der Waals surface area contributed by atoms with Gasteiger partial charge in [-0.2, -0.15) is 0 Å². The summed E-state index contributed by atoms with van der Waals surface area (Å²) in [6.07, 6.45) is 0. The smallest absolute Gasteiger partial charge is 0.344 e. The van der Waals surface area contributed by atoms with Crippen molar-refractivity contribution in [2.24, 2.45) is 0 Å². The van der Waals surface area contributed by atoms with E-state index >= 15 is 0 Å². The van der Waals surface area contributed by atoms with Crippen molar-refractivity contribution < 1.29 is 9.53 Å². The van der Waals surface area contributed by atoms with Crippen molar-refractivity contribution in [3.05, 3.63) is 63.7 Å². The number of halogens is 1. The molecule has 0 bridgehead atoms. The molecule has 0 amide bonds. The highest BCUT2D eigenvalue weighted by Crippen LogP contribution is 2.21. The van der Waals surface area contributed by atoms with Gasteiger partial charge in [-0.25, -0.2) is 4.79 Å². The molecular weight excluding hydrogens is 260 g/mol. The Bertz CT molecular complexity index is 592. The first-order valence-corrected chi connectivity index (χ1v) is 6.41. The summed E-state index contributed by atoms with van der Waals surface area (Å²) in [4.78, 5) is 12.2. The summed E-state index contributed by atoms with van der Waals surface area (Å²) < 4.78 is 5.36. The van der Waals surface area contributed by atoms with Crippen molar-refractivity contribution in [2.45, 2.75) is 20.8 Å². The van der Waals surface area contributed by atoms with E-state index in [0.29, 0.717) is 16.3 Å². The lowest BCUT2D eigenvalue weighted by Crippen LogP contribution is -2.12. The lowest BCUT2D eigenvalue weighted by Gasteiger charge is -2.10. The normalized spacial score (nSPS) is 10.3. The van der Waals surface area contributed by atoms with Gasteiger partial charge in [0.2, 0.25) is 0 Å². The van der Waals surface area contributed by atoms with E-state index in [1.165, 1.54) is 0 Å². The number of carbonyl (C=O) groups excluding carboxylic acids is 1. The first-order valence-electron chi connectivity index (χ1n) is 6.03. The summed E-state index contributed by atoms with van der Waals surface area (Å²) in [5, 5.41) is 0.613. The maximum Gasteiger partial charge on any atom is 0.344 e. The van der Waals surface area contributed by atoms with Crippen LogP contribution >= 0.6 is 11.6 Å². The molecule has 0 aliphatic carbocycles. The zero-order chi connectivity index (χ0) is 14.0. The summed E-state index contributed by atoms with van der Waals surface area (Å²) in [6.45, 7) is 5.84. The van der Waals surface area contributed by atoms with E-state index in [0.717, 1.165) is 16.7 Å². The van der Waals surface area contributed by atoms with Gasteiger partial charge in [0, 0.05) is 5.02 Å². The molecule has 3 heteroatoms. The highest BCUT2D eigenvalue weighted by molar-refractivity contribution is 6.30. The molecule has 0 aliphatic rings. The Kier molecular flexibility index (Phi) is 3.91. The van der Waals surface area contributed by atoms with Gasteiger partial charge in [-0.05, 0) is 56.2 Å². The number of carbonyl (C=O) groups is 1. The van der Waals surface area contributed by atoms with Crippen molar-refractivity contribution >= 4 is 17.6 Å². The summed E-state index contributed by atoms with van der Waals surface area (Å²) in [7, 11) is 0. The van der Waals surface area contributed by atoms with Crippen LogP contribution in [-0.2, 0) is 0 Å². The molecule has 0 saturated carbocycles. The Morgan fingerprint density at radius 3 is 2.05 bits per heavy atom. The number of benzene rings is 2. The maximum absolute atomic E-state index is 12.2. The third-order valence-corrected chi connectivity index (χ3v) is 3.16. The molecule has 19 heavy (non-hydrogen) atoms.